The maximum absolute atomic E-state index is 14.6. The van der Waals surface area contributed by atoms with E-state index in [9.17, 15) is 14.0 Å². The number of esters is 2. The minimum atomic E-state index is -0.667. The Morgan fingerprint density at radius 2 is 1.82 bits per heavy atom. The molecule has 0 spiro atoms. The Morgan fingerprint density at radius 1 is 1.15 bits per heavy atom. The predicted molar refractivity (Wildman–Crippen MR) is 128 cm³/mol. The minimum absolute atomic E-state index is 0.0204. The molecule has 2 aromatic carbocycles. The van der Waals surface area contributed by atoms with Crippen molar-refractivity contribution in [3.63, 3.8) is 0 Å². The first kappa shape index (κ1) is 25.3. The van der Waals surface area contributed by atoms with Gasteiger partial charge in [-0.15, -0.1) is 6.42 Å². The molecule has 3 rings (SSSR count). The van der Waals surface area contributed by atoms with E-state index in [-0.39, 0.29) is 28.7 Å². The molecular weight excluding hydrogens is 435 g/mol. The number of halogens is 1. The molecule has 1 aliphatic heterocycles. The van der Waals surface area contributed by atoms with Gasteiger partial charge in [-0.2, -0.15) is 0 Å². The quantitative estimate of drug-likeness (QED) is 0.326. The van der Waals surface area contributed by atoms with Gasteiger partial charge in [0.2, 0.25) is 0 Å². The van der Waals surface area contributed by atoms with Gasteiger partial charge in [0.15, 0.2) is 0 Å². The van der Waals surface area contributed by atoms with Crippen LogP contribution in [0.5, 0.6) is 11.5 Å². The van der Waals surface area contributed by atoms with E-state index in [0.29, 0.717) is 11.3 Å². The van der Waals surface area contributed by atoms with Crippen LogP contribution in [-0.4, -0.2) is 23.1 Å². The third-order valence-corrected chi connectivity index (χ3v) is 5.45. The molecule has 1 aliphatic rings. The highest BCUT2D eigenvalue weighted by Gasteiger charge is 2.40. The molecule has 0 amide bonds. The number of terminal acetylenes is 1. The van der Waals surface area contributed by atoms with Crippen molar-refractivity contribution in [1.29, 1.82) is 0 Å². The van der Waals surface area contributed by atoms with Crippen molar-refractivity contribution < 1.29 is 28.2 Å². The Bertz CT molecular complexity index is 1180. The molecule has 0 aromatic heterocycles. The predicted octanol–water partition coefficient (Wildman–Crippen LogP) is 5.75. The Kier molecular flexibility index (Phi) is 6.54. The number of carbonyl (C=O) groups excluding carboxylic acids is 2. The number of ether oxygens (including phenoxy) is 3. The van der Waals surface area contributed by atoms with Gasteiger partial charge in [0, 0.05) is 11.6 Å². The van der Waals surface area contributed by atoms with Crippen LogP contribution in [0.3, 0.4) is 0 Å². The van der Waals surface area contributed by atoms with Crippen molar-refractivity contribution in [2.45, 2.75) is 77.9 Å². The fourth-order valence-corrected chi connectivity index (χ4v) is 4.37. The molecule has 0 atom stereocenters. The molecular formula is C28H31FO5. The summed E-state index contributed by atoms with van der Waals surface area (Å²) in [6.45, 7) is 13.4. The monoisotopic (exact) mass is 466 g/mol. The lowest BCUT2D eigenvalue weighted by atomic mass is 9.72. The summed E-state index contributed by atoms with van der Waals surface area (Å²) in [6.07, 6.45) is 6.23. The standard InChI is InChI=1S/C28H31FO5/c1-9-17-12-19(13-21-24(17)34-28(7,8)16-27(21,5)6)25(31)32-20-11-10-18(22(29)15-20)14-23(30)33-26(2,3)4/h1,10-13,15H,14,16H2,2-8H3. The Labute approximate surface area is 200 Å². The van der Waals surface area contributed by atoms with Crippen LogP contribution in [0.25, 0.3) is 0 Å². The highest BCUT2D eigenvalue weighted by atomic mass is 19.1. The van der Waals surface area contributed by atoms with Gasteiger partial charge in [-0.05, 0) is 70.2 Å². The van der Waals surface area contributed by atoms with Crippen LogP contribution >= 0.6 is 0 Å². The van der Waals surface area contributed by atoms with E-state index in [1.807, 2.05) is 13.8 Å². The lowest BCUT2D eigenvalue weighted by molar-refractivity contribution is -0.154. The fraction of sp³-hybridized carbons (Fsp3) is 0.429. The van der Waals surface area contributed by atoms with Gasteiger partial charge < -0.3 is 14.2 Å². The first-order valence-electron chi connectivity index (χ1n) is 11.2. The highest BCUT2D eigenvalue weighted by Crippen LogP contribution is 2.46. The molecule has 0 saturated carbocycles. The summed E-state index contributed by atoms with van der Waals surface area (Å²) in [5, 5.41) is 0. The molecule has 5 nitrogen and oxygen atoms in total. The number of fused-ring (bicyclic) bond motifs is 1. The summed E-state index contributed by atoms with van der Waals surface area (Å²) in [5.74, 6) is 1.35. The van der Waals surface area contributed by atoms with E-state index in [2.05, 4.69) is 19.8 Å². The van der Waals surface area contributed by atoms with Crippen LogP contribution in [0.4, 0.5) is 4.39 Å². The first-order valence-corrected chi connectivity index (χ1v) is 11.2. The smallest absolute Gasteiger partial charge is 0.343 e. The lowest BCUT2D eigenvalue weighted by Gasteiger charge is -2.43. The van der Waals surface area contributed by atoms with Gasteiger partial charge in [-0.25, -0.2) is 9.18 Å². The molecule has 0 fully saturated rings. The van der Waals surface area contributed by atoms with Crippen molar-refractivity contribution in [2.24, 2.45) is 0 Å². The van der Waals surface area contributed by atoms with E-state index in [0.717, 1.165) is 18.1 Å². The van der Waals surface area contributed by atoms with Crippen molar-refractivity contribution in [1.82, 2.24) is 0 Å². The van der Waals surface area contributed by atoms with Crippen LogP contribution in [0.15, 0.2) is 30.3 Å². The van der Waals surface area contributed by atoms with E-state index < -0.39 is 29.0 Å². The van der Waals surface area contributed by atoms with Crippen molar-refractivity contribution >= 4 is 11.9 Å². The molecule has 0 radical (unpaired) electrons. The third kappa shape index (κ3) is 5.77. The second-order valence-electron chi connectivity index (χ2n) is 10.9. The van der Waals surface area contributed by atoms with E-state index >= 15 is 0 Å². The zero-order valence-corrected chi connectivity index (χ0v) is 20.8. The summed E-state index contributed by atoms with van der Waals surface area (Å²) < 4.78 is 31.4. The first-order chi connectivity index (χ1) is 15.6. The maximum Gasteiger partial charge on any atom is 0.343 e. The maximum atomic E-state index is 14.6. The van der Waals surface area contributed by atoms with Crippen molar-refractivity contribution in [3.05, 3.63) is 58.4 Å². The average Bonchev–Trinajstić information content (AvgIpc) is 2.66. The zero-order valence-electron chi connectivity index (χ0n) is 20.8. The van der Waals surface area contributed by atoms with E-state index in [1.54, 1.807) is 32.9 Å². The van der Waals surface area contributed by atoms with E-state index in [4.69, 9.17) is 20.6 Å². The number of rotatable bonds is 4. The molecule has 6 heteroatoms. The van der Waals surface area contributed by atoms with Gasteiger partial charge in [-0.1, -0.05) is 25.8 Å². The fourth-order valence-electron chi connectivity index (χ4n) is 4.37. The summed E-state index contributed by atoms with van der Waals surface area (Å²) in [5.41, 5.74) is 0.347. The molecule has 1 heterocycles. The highest BCUT2D eigenvalue weighted by molar-refractivity contribution is 5.92. The zero-order chi connectivity index (χ0) is 25.5. The second-order valence-corrected chi connectivity index (χ2v) is 10.9. The molecule has 2 aromatic rings. The summed E-state index contributed by atoms with van der Waals surface area (Å²) in [7, 11) is 0. The van der Waals surface area contributed by atoms with Crippen LogP contribution < -0.4 is 9.47 Å². The summed E-state index contributed by atoms with van der Waals surface area (Å²) in [6, 6.07) is 7.19. The molecule has 0 aliphatic carbocycles. The molecule has 0 unspecified atom stereocenters. The van der Waals surface area contributed by atoms with Gasteiger partial charge in [0.05, 0.1) is 17.5 Å². The average molecular weight is 467 g/mol. The van der Waals surface area contributed by atoms with Gasteiger partial charge in [0.1, 0.15) is 28.5 Å². The second kappa shape index (κ2) is 8.79. The van der Waals surface area contributed by atoms with Gasteiger partial charge in [-0.3, -0.25) is 4.79 Å². The van der Waals surface area contributed by atoms with Gasteiger partial charge in [0.25, 0.3) is 0 Å². The van der Waals surface area contributed by atoms with Crippen LogP contribution in [0, 0.1) is 18.2 Å². The van der Waals surface area contributed by atoms with Crippen molar-refractivity contribution in [3.8, 4) is 23.8 Å². The topological polar surface area (TPSA) is 61.8 Å². The van der Waals surface area contributed by atoms with Crippen LogP contribution in [-0.2, 0) is 21.4 Å². The number of benzene rings is 2. The van der Waals surface area contributed by atoms with Crippen molar-refractivity contribution in [2.75, 3.05) is 0 Å². The number of carbonyl (C=O) groups is 2. The van der Waals surface area contributed by atoms with E-state index in [1.165, 1.54) is 12.1 Å². The Hall–Kier alpha value is -3.33. The summed E-state index contributed by atoms with van der Waals surface area (Å²) >= 11 is 0. The third-order valence-electron chi connectivity index (χ3n) is 5.45. The molecule has 0 saturated heterocycles. The lowest BCUT2D eigenvalue weighted by Crippen LogP contribution is -2.41. The van der Waals surface area contributed by atoms with Gasteiger partial charge >= 0.3 is 11.9 Å². The normalized spacial score (nSPS) is 16.0. The number of hydrogen-bond donors (Lipinski definition) is 0. The van der Waals surface area contributed by atoms with Crippen LogP contribution in [0.1, 0.15) is 81.9 Å². The Morgan fingerprint density at radius 3 is 2.41 bits per heavy atom. The molecule has 0 N–H and O–H groups in total. The molecule has 0 bridgehead atoms. The SMILES string of the molecule is C#Cc1cc(C(=O)Oc2ccc(CC(=O)OC(C)(C)C)c(F)c2)cc2c1OC(C)(C)CC2(C)C. The van der Waals surface area contributed by atoms with Crippen LogP contribution in [0.2, 0.25) is 0 Å². The molecule has 180 valence electrons. The number of hydrogen-bond acceptors (Lipinski definition) is 5. The Balaban J connectivity index is 1.83. The minimum Gasteiger partial charge on any atom is -0.486 e. The summed E-state index contributed by atoms with van der Waals surface area (Å²) in [4.78, 5) is 24.9. The largest absolute Gasteiger partial charge is 0.486 e. The molecule has 34 heavy (non-hydrogen) atoms.